The van der Waals surface area contributed by atoms with Gasteiger partial charge < -0.3 is 5.11 Å². The Morgan fingerprint density at radius 1 is 1.22 bits per heavy atom. The van der Waals surface area contributed by atoms with Crippen molar-refractivity contribution in [2.45, 2.75) is 32.7 Å². The predicted molar refractivity (Wildman–Crippen MR) is 87.2 cm³/mol. The molecule has 1 N–H and O–H groups in total. The smallest absolute Gasteiger partial charge is 0.326 e. The first-order chi connectivity index (χ1) is 11.0. The fourth-order valence-corrected chi connectivity index (χ4v) is 2.56. The Morgan fingerprint density at radius 2 is 1.87 bits per heavy atom. The third-order valence-corrected chi connectivity index (χ3v) is 3.88. The zero-order valence-corrected chi connectivity index (χ0v) is 13.1. The molecule has 5 nitrogen and oxygen atoms in total. The van der Waals surface area contributed by atoms with Crippen molar-refractivity contribution in [1.82, 2.24) is 4.57 Å². The molecule has 0 aliphatic carbocycles. The molecule has 1 atom stereocenters. The molecule has 1 heterocycles. The van der Waals surface area contributed by atoms with Crippen LogP contribution in [0.3, 0.4) is 0 Å². The molecule has 0 saturated carbocycles. The van der Waals surface area contributed by atoms with Gasteiger partial charge in [0.05, 0.1) is 5.69 Å². The molecule has 0 radical (unpaired) electrons. The molecule has 0 saturated heterocycles. The molecule has 0 spiro atoms. The van der Waals surface area contributed by atoms with Crippen LogP contribution < -0.4 is 5.56 Å². The van der Waals surface area contributed by atoms with E-state index in [-0.39, 0.29) is 12.0 Å². The molecule has 0 fully saturated rings. The molecule has 1 aromatic carbocycles. The van der Waals surface area contributed by atoms with Gasteiger partial charge in [-0.3, -0.25) is 9.36 Å². The summed E-state index contributed by atoms with van der Waals surface area (Å²) in [5.74, 6) is -1.09. The van der Waals surface area contributed by atoms with Gasteiger partial charge in [-0.05, 0) is 36.1 Å². The summed E-state index contributed by atoms with van der Waals surface area (Å²) in [7, 11) is 0. The Bertz CT molecular complexity index is 814. The zero-order chi connectivity index (χ0) is 17.0. The number of carboxylic acids is 1. The molecule has 2 rings (SSSR count). The van der Waals surface area contributed by atoms with Crippen LogP contribution in [0.15, 0.2) is 41.2 Å². The number of aromatic nitrogens is 1. The summed E-state index contributed by atoms with van der Waals surface area (Å²) in [4.78, 5) is 24.0. The monoisotopic (exact) mass is 310 g/mol. The number of aliphatic carboxylic acids is 1. The number of rotatable bonds is 5. The van der Waals surface area contributed by atoms with Crippen molar-refractivity contribution < 1.29 is 9.90 Å². The van der Waals surface area contributed by atoms with Crippen LogP contribution in [0.2, 0.25) is 0 Å². The van der Waals surface area contributed by atoms with E-state index in [4.69, 9.17) is 5.26 Å². The standard InChI is InChI=1S/C18H18N2O3/c1-3-12-5-7-13(8-6-12)16-10-9-14(11-19)17(21)20(16)15(4-2)18(22)23/h5-10,15H,3-4H2,1-2H3,(H,22,23). The van der Waals surface area contributed by atoms with Gasteiger partial charge in [0.25, 0.3) is 5.56 Å². The van der Waals surface area contributed by atoms with Gasteiger partial charge in [0, 0.05) is 0 Å². The quantitative estimate of drug-likeness (QED) is 0.920. The van der Waals surface area contributed by atoms with E-state index >= 15 is 0 Å². The Morgan fingerprint density at radius 3 is 2.35 bits per heavy atom. The number of carbonyl (C=O) groups is 1. The van der Waals surface area contributed by atoms with Crippen molar-refractivity contribution in [1.29, 1.82) is 5.26 Å². The molecule has 23 heavy (non-hydrogen) atoms. The largest absolute Gasteiger partial charge is 0.480 e. The van der Waals surface area contributed by atoms with Gasteiger partial charge >= 0.3 is 5.97 Å². The number of hydrogen-bond donors (Lipinski definition) is 1. The Kier molecular flexibility index (Phi) is 4.97. The first kappa shape index (κ1) is 16.5. The lowest BCUT2D eigenvalue weighted by atomic mass is 10.0. The molecule has 1 aromatic heterocycles. The number of aryl methyl sites for hydroxylation is 1. The highest BCUT2D eigenvalue weighted by Crippen LogP contribution is 2.24. The minimum Gasteiger partial charge on any atom is -0.480 e. The molecule has 0 amide bonds. The predicted octanol–water partition coefficient (Wildman–Crippen LogP) is 2.99. The minimum atomic E-state index is -1.09. The van der Waals surface area contributed by atoms with Crippen molar-refractivity contribution in [3.63, 3.8) is 0 Å². The zero-order valence-electron chi connectivity index (χ0n) is 13.1. The Hall–Kier alpha value is -2.87. The Balaban J connectivity index is 2.72. The third kappa shape index (κ3) is 3.16. The summed E-state index contributed by atoms with van der Waals surface area (Å²) < 4.78 is 1.21. The number of nitriles is 1. The maximum Gasteiger partial charge on any atom is 0.326 e. The van der Waals surface area contributed by atoms with Crippen LogP contribution in [0.1, 0.15) is 37.4 Å². The SMILES string of the molecule is CCc1ccc(-c2ccc(C#N)c(=O)n2C(CC)C(=O)O)cc1. The highest BCUT2D eigenvalue weighted by atomic mass is 16.4. The van der Waals surface area contributed by atoms with Crippen molar-refractivity contribution in [2.24, 2.45) is 0 Å². The molecule has 118 valence electrons. The second-order valence-corrected chi connectivity index (χ2v) is 5.23. The second kappa shape index (κ2) is 6.93. The summed E-state index contributed by atoms with van der Waals surface area (Å²) in [6.45, 7) is 3.75. The van der Waals surface area contributed by atoms with Gasteiger partial charge in [-0.1, -0.05) is 38.1 Å². The first-order valence-corrected chi connectivity index (χ1v) is 7.51. The van der Waals surface area contributed by atoms with Crippen LogP contribution in [0.25, 0.3) is 11.3 Å². The number of pyridine rings is 1. The van der Waals surface area contributed by atoms with Crippen LogP contribution in [-0.4, -0.2) is 15.6 Å². The lowest BCUT2D eigenvalue weighted by Crippen LogP contribution is -2.32. The van der Waals surface area contributed by atoms with Gasteiger partial charge in [-0.2, -0.15) is 5.26 Å². The summed E-state index contributed by atoms with van der Waals surface area (Å²) in [5, 5.41) is 18.5. The average molecular weight is 310 g/mol. The van der Waals surface area contributed by atoms with Crippen LogP contribution >= 0.6 is 0 Å². The molecule has 1 unspecified atom stereocenters. The topological polar surface area (TPSA) is 83.1 Å². The molecular weight excluding hydrogens is 292 g/mol. The molecule has 2 aromatic rings. The van der Waals surface area contributed by atoms with Crippen molar-refractivity contribution in [3.05, 3.63) is 57.9 Å². The first-order valence-electron chi connectivity index (χ1n) is 7.51. The lowest BCUT2D eigenvalue weighted by molar-refractivity contribution is -0.141. The number of benzene rings is 1. The van der Waals surface area contributed by atoms with Crippen molar-refractivity contribution >= 4 is 5.97 Å². The maximum absolute atomic E-state index is 12.5. The van der Waals surface area contributed by atoms with Gasteiger partial charge in [-0.15, -0.1) is 0 Å². The van der Waals surface area contributed by atoms with Crippen LogP contribution in [-0.2, 0) is 11.2 Å². The minimum absolute atomic E-state index is 0.0568. The Labute approximate surface area is 134 Å². The van der Waals surface area contributed by atoms with E-state index in [0.717, 1.165) is 17.5 Å². The van der Waals surface area contributed by atoms with Gasteiger partial charge in [-0.25, -0.2) is 4.79 Å². The van der Waals surface area contributed by atoms with Gasteiger partial charge in [0.1, 0.15) is 17.7 Å². The number of carboxylic acid groups (broad SMARTS) is 1. The van der Waals surface area contributed by atoms with Crippen LogP contribution in [0.5, 0.6) is 0 Å². The van der Waals surface area contributed by atoms with Gasteiger partial charge in [0.15, 0.2) is 0 Å². The summed E-state index contributed by atoms with van der Waals surface area (Å²) in [6.07, 6.45) is 1.15. The number of hydrogen-bond acceptors (Lipinski definition) is 3. The molecule has 5 heteroatoms. The van der Waals surface area contributed by atoms with E-state index in [2.05, 4.69) is 0 Å². The fraction of sp³-hybridized carbons (Fsp3) is 0.278. The van der Waals surface area contributed by atoms with E-state index in [1.54, 1.807) is 13.0 Å². The third-order valence-electron chi connectivity index (χ3n) is 3.88. The van der Waals surface area contributed by atoms with E-state index in [1.807, 2.05) is 37.3 Å². The van der Waals surface area contributed by atoms with Crippen LogP contribution in [0.4, 0.5) is 0 Å². The highest BCUT2D eigenvalue weighted by Gasteiger charge is 2.23. The highest BCUT2D eigenvalue weighted by molar-refractivity contribution is 5.74. The van der Waals surface area contributed by atoms with Gasteiger partial charge in [0.2, 0.25) is 0 Å². The normalized spacial score (nSPS) is 11.7. The number of nitrogens with zero attached hydrogens (tertiary/aromatic N) is 2. The van der Waals surface area contributed by atoms with Crippen molar-refractivity contribution in [3.8, 4) is 17.3 Å². The lowest BCUT2D eigenvalue weighted by Gasteiger charge is -2.19. The summed E-state index contributed by atoms with van der Waals surface area (Å²) >= 11 is 0. The fourth-order valence-electron chi connectivity index (χ4n) is 2.56. The maximum atomic E-state index is 12.5. The van der Waals surface area contributed by atoms with E-state index in [1.165, 1.54) is 10.6 Å². The summed E-state index contributed by atoms with van der Waals surface area (Å²) in [6, 6.07) is 11.5. The molecular formula is C18H18N2O3. The second-order valence-electron chi connectivity index (χ2n) is 5.23. The van der Waals surface area contributed by atoms with Crippen molar-refractivity contribution in [2.75, 3.05) is 0 Å². The molecule has 0 aliphatic heterocycles. The van der Waals surface area contributed by atoms with E-state index < -0.39 is 17.6 Å². The summed E-state index contributed by atoms with van der Waals surface area (Å²) in [5.41, 5.74) is 1.79. The van der Waals surface area contributed by atoms with E-state index in [9.17, 15) is 14.7 Å². The van der Waals surface area contributed by atoms with E-state index in [0.29, 0.717) is 5.69 Å². The molecule has 0 aliphatic rings. The van der Waals surface area contributed by atoms with Crippen LogP contribution in [0, 0.1) is 11.3 Å². The average Bonchev–Trinajstić information content (AvgIpc) is 2.56. The molecule has 0 bridgehead atoms.